The van der Waals surface area contributed by atoms with Gasteiger partial charge in [0.1, 0.15) is 0 Å². The van der Waals surface area contributed by atoms with E-state index in [1.54, 1.807) is 0 Å². The predicted octanol–water partition coefficient (Wildman–Crippen LogP) is 1.54. The summed E-state index contributed by atoms with van der Waals surface area (Å²) >= 11 is 0. The Labute approximate surface area is 139 Å². The van der Waals surface area contributed by atoms with E-state index in [4.69, 9.17) is 5.26 Å². The van der Waals surface area contributed by atoms with Gasteiger partial charge in [0.15, 0.2) is 0 Å². The predicted molar refractivity (Wildman–Crippen MR) is 90.8 cm³/mol. The van der Waals surface area contributed by atoms with Crippen LogP contribution >= 0.6 is 0 Å². The van der Waals surface area contributed by atoms with E-state index in [2.05, 4.69) is 29.7 Å². The molecule has 1 heterocycles. The molecule has 0 spiro atoms. The Bertz CT molecular complexity index is 537. The molecule has 0 radical (unpaired) electrons. The van der Waals surface area contributed by atoms with Crippen LogP contribution in [-0.2, 0) is 11.3 Å². The number of likely N-dealkylation sites (N-methyl/N-ethyl adjacent to an activating group) is 1. The second-order valence-corrected chi connectivity index (χ2v) is 5.93. The van der Waals surface area contributed by atoms with Crippen molar-refractivity contribution in [1.29, 1.82) is 5.26 Å². The number of nitriles is 1. The van der Waals surface area contributed by atoms with Gasteiger partial charge in [0.05, 0.1) is 18.2 Å². The molecule has 0 atom stereocenters. The molecule has 5 nitrogen and oxygen atoms in total. The number of hydrogen-bond acceptors (Lipinski definition) is 4. The first kappa shape index (κ1) is 17.5. The molecular formula is C18H26N4O. The Kier molecular flexibility index (Phi) is 6.57. The lowest BCUT2D eigenvalue weighted by Crippen LogP contribution is -2.50. The molecule has 124 valence electrons. The number of piperazine rings is 1. The highest BCUT2D eigenvalue weighted by atomic mass is 16.2. The maximum Gasteiger partial charge on any atom is 0.236 e. The molecule has 0 aromatic heterocycles. The Hall–Kier alpha value is -1.90. The number of nitrogens with zero attached hydrogens (tertiary/aromatic N) is 4. The second kappa shape index (κ2) is 8.66. The minimum Gasteiger partial charge on any atom is -0.339 e. The van der Waals surface area contributed by atoms with Crippen LogP contribution < -0.4 is 0 Å². The number of hydrogen-bond donors (Lipinski definition) is 0. The summed E-state index contributed by atoms with van der Waals surface area (Å²) in [6, 6.07) is 9.88. The summed E-state index contributed by atoms with van der Waals surface area (Å²) in [5.41, 5.74) is 1.91. The van der Waals surface area contributed by atoms with Gasteiger partial charge in [-0.05, 0) is 30.8 Å². The zero-order chi connectivity index (χ0) is 16.7. The fourth-order valence-electron chi connectivity index (χ4n) is 2.84. The third kappa shape index (κ3) is 5.05. The van der Waals surface area contributed by atoms with Crippen molar-refractivity contribution >= 4 is 5.91 Å². The van der Waals surface area contributed by atoms with Gasteiger partial charge >= 0.3 is 0 Å². The van der Waals surface area contributed by atoms with Gasteiger partial charge in [0.2, 0.25) is 5.91 Å². The standard InChI is InChI=1S/C18H26N4O/c1-3-20(4-2)15-18(23)22-11-9-21(10-12-22)14-17-7-5-16(13-19)6-8-17/h5-8H,3-4,9-12,14-15H2,1-2H3. The second-order valence-electron chi connectivity index (χ2n) is 5.93. The first-order valence-corrected chi connectivity index (χ1v) is 8.37. The molecule has 0 bridgehead atoms. The molecule has 1 aliphatic rings. The minimum atomic E-state index is 0.242. The molecule has 1 saturated heterocycles. The van der Waals surface area contributed by atoms with E-state index >= 15 is 0 Å². The molecule has 23 heavy (non-hydrogen) atoms. The van der Waals surface area contributed by atoms with Crippen LogP contribution in [-0.4, -0.2) is 66.4 Å². The van der Waals surface area contributed by atoms with Gasteiger partial charge < -0.3 is 4.90 Å². The molecule has 1 aromatic carbocycles. The van der Waals surface area contributed by atoms with E-state index in [0.717, 1.165) is 45.8 Å². The zero-order valence-electron chi connectivity index (χ0n) is 14.2. The lowest BCUT2D eigenvalue weighted by atomic mass is 10.1. The van der Waals surface area contributed by atoms with Crippen LogP contribution in [0.1, 0.15) is 25.0 Å². The first-order chi connectivity index (χ1) is 11.2. The van der Waals surface area contributed by atoms with Crippen molar-refractivity contribution < 1.29 is 4.79 Å². The van der Waals surface area contributed by atoms with Crippen LogP contribution in [0.15, 0.2) is 24.3 Å². The Morgan fingerprint density at radius 3 is 2.26 bits per heavy atom. The number of benzene rings is 1. The Morgan fingerprint density at radius 1 is 1.13 bits per heavy atom. The highest BCUT2D eigenvalue weighted by Crippen LogP contribution is 2.10. The van der Waals surface area contributed by atoms with Gasteiger partial charge in [-0.1, -0.05) is 26.0 Å². The van der Waals surface area contributed by atoms with Crippen LogP contribution in [0.25, 0.3) is 0 Å². The summed E-state index contributed by atoms with van der Waals surface area (Å²) in [4.78, 5) is 18.8. The van der Waals surface area contributed by atoms with Crippen LogP contribution in [0.3, 0.4) is 0 Å². The average Bonchev–Trinajstić information content (AvgIpc) is 2.60. The van der Waals surface area contributed by atoms with E-state index in [0.29, 0.717) is 12.1 Å². The molecule has 1 aliphatic heterocycles. The fraction of sp³-hybridized carbons (Fsp3) is 0.556. The van der Waals surface area contributed by atoms with Crippen molar-refractivity contribution in [2.75, 3.05) is 45.8 Å². The van der Waals surface area contributed by atoms with Crippen molar-refractivity contribution in [3.63, 3.8) is 0 Å². The number of rotatable bonds is 6. The molecule has 0 saturated carbocycles. The quantitative estimate of drug-likeness (QED) is 0.799. The van der Waals surface area contributed by atoms with Gasteiger partial charge in [0, 0.05) is 32.7 Å². The van der Waals surface area contributed by atoms with E-state index in [-0.39, 0.29) is 5.91 Å². The van der Waals surface area contributed by atoms with Crippen molar-refractivity contribution in [3.8, 4) is 6.07 Å². The number of carbonyl (C=O) groups is 1. The van der Waals surface area contributed by atoms with Crippen LogP contribution in [0.5, 0.6) is 0 Å². The largest absolute Gasteiger partial charge is 0.339 e. The highest BCUT2D eigenvalue weighted by molar-refractivity contribution is 5.78. The van der Waals surface area contributed by atoms with Crippen LogP contribution in [0.2, 0.25) is 0 Å². The van der Waals surface area contributed by atoms with E-state index in [9.17, 15) is 4.79 Å². The van der Waals surface area contributed by atoms with Crippen molar-refractivity contribution in [1.82, 2.24) is 14.7 Å². The summed E-state index contributed by atoms with van der Waals surface area (Å²) in [6.07, 6.45) is 0. The molecule has 2 rings (SSSR count). The molecule has 0 N–H and O–H groups in total. The normalized spacial score (nSPS) is 15.7. The van der Waals surface area contributed by atoms with Crippen molar-refractivity contribution in [2.24, 2.45) is 0 Å². The molecule has 5 heteroatoms. The molecule has 1 aromatic rings. The van der Waals surface area contributed by atoms with E-state index < -0.39 is 0 Å². The van der Waals surface area contributed by atoms with E-state index in [1.807, 2.05) is 29.2 Å². The van der Waals surface area contributed by atoms with Crippen LogP contribution in [0.4, 0.5) is 0 Å². The molecule has 1 amide bonds. The zero-order valence-corrected chi connectivity index (χ0v) is 14.2. The van der Waals surface area contributed by atoms with Gasteiger partial charge in [-0.3, -0.25) is 14.6 Å². The third-order valence-corrected chi connectivity index (χ3v) is 4.47. The minimum absolute atomic E-state index is 0.242. The number of carbonyl (C=O) groups excluding carboxylic acids is 1. The van der Waals surface area contributed by atoms with Gasteiger partial charge in [-0.15, -0.1) is 0 Å². The smallest absolute Gasteiger partial charge is 0.236 e. The maximum atomic E-state index is 12.3. The van der Waals surface area contributed by atoms with Crippen molar-refractivity contribution in [2.45, 2.75) is 20.4 Å². The molecule has 0 unspecified atom stereocenters. The lowest BCUT2D eigenvalue weighted by Gasteiger charge is -2.35. The monoisotopic (exact) mass is 314 g/mol. The summed E-state index contributed by atoms with van der Waals surface area (Å²) in [6.45, 7) is 10.8. The molecule has 0 aliphatic carbocycles. The summed E-state index contributed by atoms with van der Waals surface area (Å²) in [7, 11) is 0. The Balaban J connectivity index is 1.79. The topological polar surface area (TPSA) is 50.6 Å². The molecule has 1 fully saturated rings. The third-order valence-electron chi connectivity index (χ3n) is 4.47. The Morgan fingerprint density at radius 2 is 1.74 bits per heavy atom. The lowest BCUT2D eigenvalue weighted by molar-refractivity contribution is -0.134. The summed E-state index contributed by atoms with van der Waals surface area (Å²) < 4.78 is 0. The van der Waals surface area contributed by atoms with Crippen molar-refractivity contribution in [3.05, 3.63) is 35.4 Å². The SMILES string of the molecule is CCN(CC)CC(=O)N1CCN(Cc2ccc(C#N)cc2)CC1. The molecular weight excluding hydrogens is 288 g/mol. The van der Waals surface area contributed by atoms with E-state index in [1.165, 1.54) is 5.56 Å². The van der Waals surface area contributed by atoms with Gasteiger partial charge in [-0.2, -0.15) is 5.26 Å². The maximum absolute atomic E-state index is 12.3. The van der Waals surface area contributed by atoms with Gasteiger partial charge in [0.25, 0.3) is 0 Å². The van der Waals surface area contributed by atoms with Crippen LogP contribution in [0, 0.1) is 11.3 Å². The first-order valence-electron chi connectivity index (χ1n) is 8.37. The highest BCUT2D eigenvalue weighted by Gasteiger charge is 2.21. The fourth-order valence-corrected chi connectivity index (χ4v) is 2.84. The average molecular weight is 314 g/mol. The van der Waals surface area contributed by atoms with Gasteiger partial charge in [-0.25, -0.2) is 0 Å². The number of amides is 1. The summed E-state index contributed by atoms with van der Waals surface area (Å²) in [5, 5.41) is 8.83. The summed E-state index contributed by atoms with van der Waals surface area (Å²) in [5.74, 6) is 0.242.